The number of alkyl halides is 1. The molecule has 0 saturated carbocycles. The molecule has 22 heavy (non-hydrogen) atoms. The second-order valence-electron chi connectivity index (χ2n) is 6.31. The van der Waals surface area contributed by atoms with Gasteiger partial charge in [-0.2, -0.15) is 5.26 Å². The molecule has 1 heterocycles. The molecule has 5 heteroatoms. The Bertz CT molecular complexity index is 562. The third kappa shape index (κ3) is 3.29. The molecule has 1 aliphatic heterocycles. The summed E-state index contributed by atoms with van der Waals surface area (Å²) in [5.41, 5.74) is 0.426. The maximum Gasteiger partial charge on any atom is 0.188 e. The Morgan fingerprint density at radius 1 is 1.23 bits per heavy atom. The highest BCUT2D eigenvalue weighted by Gasteiger charge is 2.50. The van der Waals surface area contributed by atoms with Gasteiger partial charge in [-0.25, -0.2) is 0 Å². The summed E-state index contributed by atoms with van der Waals surface area (Å²) in [6, 6.07) is 7.65. The molecule has 0 spiro atoms. The molecule has 120 valence electrons. The Morgan fingerprint density at radius 2 is 1.86 bits per heavy atom. The first-order valence-electron chi connectivity index (χ1n) is 7.40. The minimum atomic E-state index is -0.530. The van der Waals surface area contributed by atoms with Gasteiger partial charge in [0.05, 0.1) is 28.9 Å². The highest BCUT2D eigenvalue weighted by Crippen LogP contribution is 2.47. The summed E-state index contributed by atoms with van der Waals surface area (Å²) in [6.07, 6.45) is 0.333. The van der Waals surface area contributed by atoms with E-state index >= 15 is 0 Å². The molecule has 0 N–H and O–H groups in total. The summed E-state index contributed by atoms with van der Waals surface area (Å²) in [5.74, 6) is 0.560. The topological polar surface area (TPSA) is 51.5 Å². The molecule has 4 nitrogen and oxygen atoms in total. The Balaban J connectivity index is 2.33. The first kappa shape index (κ1) is 17.3. The van der Waals surface area contributed by atoms with E-state index in [0.29, 0.717) is 17.9 Å². The fourth-order valence-corrected chi connectivity index (χ4v) is 2.42. The maximum atomic E-state index is 9.33. The first-order valence-corrected chi connectivity index (χ1v) is 8.52. The van der Waals surface area contributed by atoms with Crippen molar-refractivity contribution in [3.05, 3.63) is 29.3 Å². The van der Waals surface area contributed by atoms with Crippen LogP contribution in [0.15, 0.2) is 18.2 Å². The SMILES string of the molecule is CC1(C)OC(c2cccc(C#N)c2OCCCBr)OC1(C)C. The van der Waals surface area contributed by atoms with Gasteiger partial charge < -0.3 is 14.2 Å². The van der Waals surface area contributed by atoms with Gasteiger partial charge in [0.25, 0.3) is 0 Å². The van der Waals surface area contributed by atoms with Crippen LogP contribution in [0.4, 0.5) is 0 Å². The molecule has 2 rings (SSSR count). The molecule has 1 aromatic rings. The molecule has 0 unspecified atom stereocenters. The number of hydrogen-bond donors (Lipinski definition) is 0. The number of hydrogen-bond acceptors (Lipinski definition) is 4. The van der Waals surface area contributed by atoms with Crippen LogP contribution in [-0.4, -0.2) is 23.1 Å². The van der Waals surface area contributed by atoms with Crippen molar-refractivity contribution in [2.45, 2.75) is 51.6 Å². The predicted molar refractivity (Wildman–Crippen MR) is 88.1 cm³/mol. The van der Waals surface area contributed by atoms with E-state index in [1.807, 2.05) is 39.8 Å². The van der Waals surface area contributed by atoms with Gasteiger partial charge in [-0.1, -0.05) is 28.1 Å². The predicted octanol–water partition coefficient (Wildman–Crippen LogP) is 4.32. The number of halogens is 1. The highest BCUT2D eigenvalue weighted by atomic mass is 79.9. The zero-order valence-electron chi connectivity index (χ0n) is 13.5. The monoisotopic (exact) mass is 367 g/mol. The van der Waals surface area contributed by atoms with Crippen LogP contribution >= 0.6 is 15.9 Å². The van der Waals surface area contributed by atoms with E-state index in [4.69, 9.17) is 14.2 Å². The molecular weight excluding hydrogens is 346 g/mol. The van der Waals surface area contributed by atoms with E-state index in [1.165, 1.54) is 0 Å². The summed E-state index contributed by atoms with van der Waals surface area (Å²) < 4.78 is 18.0. The lowest BCUT2D eigenvalue weighted by Gasteiger charge is -2.30. The first-order chi connectivity index (χ1) is 10.3. The van der Waals surface area contributed by atoms with E-state index in [2.05, 4.69) is 22.0 Å². The summed E-state index contributed by atoms with van der Waals surface area (Å²) in [6.45, 7) is 8.56. The Hall–Kier alpha value is -1.09. The van der Waals surface area contributed by atoms with E-state index in [-0.39, 0.29) is 0 Å². The van der Waals surface area contributed by atoms with Crippen LogP contribution in [0.25, 0.3) is 0 Å². The lowest BCUT2D eigenvalue weighted by Crippen LogP contribution is -2.41. The Morgan fingerprint density at radius 3 is 2.41 bits per heavy atom. The molecule has 0 bridgehead atoms. The minimum absolute atomic E-state index is 0.423. The van der Waals surface area contributed by atoms with Gasteiger partial charge in [-0.3, -0.25) is 0 Å². The van der Waals surface area contributed by atoms with Crippen molar-refractivity contribution in [2.24, 2.45) is 0 Å². The maximum absolute atomic E-state index is 9.33. The summed E-state index contributed by atoms with van der Waals surface area (Å²) in [4.78, 5) is 0. The van der Waals surface area contributed by atoms with Crippen LogP contribution in [0, 0.1) is 11.3 Å². The molecule has 1 saturated heterocycles. The van der Waals surface area contributed by atoms with E-state index in [0.717, 1.165) is 17.3 Å². The van der Waals surface area contributed by atoms with Crippen molar-refractivity contribution in [1.82, 2.24) is 0 Å². The van der Waals surface area contributed by atoms with Crippen molar-refractivity contribution in [3.63, 3.8) is 0 Å². The number of nitrogens with zero attached hydrogens (tertiary/aromatic N) is 1. The van der Waals surface area contributed by atoms with Crippen LogP contribution in [0.3, 0.4) is 0 Å². The quantitative estimate of drug-likeness (QED) is 0.574. The van der Waals surface area contributed by atoms with Crippen LogP contribution in [-0.2, 0) is 9.47 Å². The van der Waals surface area contributed by atoms with Gasteiger partial charge in [0.1, 0.15) is 11.8 Å². The van der Waals surface area contributed by atoms with E-state index < -0.39 is 17.5 Å². The van der Waals surface area contributed by atoms with Gasteiger partial charge in [-0.05, 0) is 40.2 Å². The second kappa shape index (κ2) is 6.57. The van der Waals surface area contributed by atoms with Crippen molar-refractivity contribution in [2.75, 3.05) is 11.9 Å². The molecule has 0 amide bonds. The average molecular weight is 368 g/mol. The number of nitriles is 1. The third-order valence-electron chi connectivity index (χ3n) is 4.20. The van der Waals surface area contributed by atoms with Crippen LogP contribution in [0.5, 0.6) is 5.75 Å². The second-order valence-corrected chi connectivity index (χ2v) is 7.11. The molecule has 0 radical (unpaired) electrons. The van der Waals surface area contributed by atoms with Crippen LogP contribution in [0.1, 0.15) is 51.5 Å². The van der Waals surface area contributed by atoms with E-state index in [9.17, 15) is 5.26 Å². The third-order valence-corrected chi connectivity index (χ3v) is 4.76. The Kier molecular flexibility index (Phi) is 5.16. The van der Waals surface area contributed by atoms with Crippen molar-refractivity contribution < 1.29 is 14.2 Å². The number of para-hydroxylation sites is 1. The molecule has 0 aliphatic carbocycles. The average Bonchev–Trinajstić information content (AvgIpc) is 2.67. The number of ether oxygens (including phenoxy) is 3. The summed E-state index contributed by atoms with van der Waals surface area (Å²) in [5, 5.41) is 10.2. The van der Waals surface area contributed by atoms with Gasteiger partial charge >= 0.3 is 0 Å². The van der Waals surface area contributed by atoms with E-state index in [1.54, 1.807) is 6.07 Å². The number of rotatable bonds is 5. The molecule has 1 aromatic carbocycles. The lowest BCUT2D eigenvalue weighted by atomic mass is 9.90. The Labute approximate surface area is 140 Å². The molecule has 0 atom stereocenters. The van der Waals surface area contributed by atoms with Crippen molar-refractivity contribution in [1.29, 1.82) is 5.26 Å². The zero-order valence-corrected chi connectivity index (χ0v) is 15.1. The smallest absolute Gasteiger partial charge is 0.188 e. The summed E-state index contributed by atoms with van der Waals surface area (Å²) >= 11 is 3.38. The van der Waals surface area contributed by atoms with Gasteiger partial charge in [0, 0.05) is 5.33 Å². The normalized spacial score (nSPS) is 19.8. The molecule has 1 fully saturated rings. The van der Waals surface area contributed by atoms with Crippen molar-refractivity contribution >= 4 is 15.9 Å². The highest BCUT2D eigenvalue weighted by molar-refractivity contribution is 9.09. The largest absolute Gasteiger partial charge is 0.492 e. The lowest BCUT2D eigenvalue weighted by molar-refractivity contribution is -0.0907. The number of benzene rings is 1. The van der Waals surface area contributed by atoms with Crippen LogP contribution in [0.2, 0.25) is 0 Å². The molecular formula is C17H22BrNO3. The van der Waals surface area contributed by atoms with Gasteiger partial charge in [0.15, 0.2) is 6.29 Å². The van der Waals surface area contributed by atoms with Gasteiger partial charge in [0.2, 0.25) is 0 Å². The molecule has 1 aliphatic rings. The fourth-order valence-electron chi connectivity index (χ4n) is 2.19. The summed E-state index contributed by atoms with van der Waals surface area (Å²) in [7, 11) is 0. The zero-order chi connectivity index (χ0) is 16.4. The fraction of sp³-hybridized carbons (Fsp3) is 0.588. The standard InChI is InChI=1S/C17H22BrNO3/c1-16(2)17(3,4)22-15(21-16)13-8-5-7-12(11-19)14(13)20-10-6-9-18/h5,7-8,15H,6,9-10H2,1-4H3. The van der Waals surface area contributed by atoms with Gasteiger partial charge in [-0.15, -0.1) is 0 Å². The van der Waals surface area contributed by atoms with Crippen LogP contribution < -0.4 is 4.74 Å². The molecule has 0 aromatic heterocycles. The van der Waals surface area contributed by atoms with Crippen molar-refractivity contribution in [3.8, 4) is 11.8 Å². The minimum Gasteiger partial charge on any atom is -0.492 e.